The largest absolute Gasteiger partial charge is 0.356 e. The first-order valence-corrected chi connectivity index (χ1v) is 8.50. The molecule has 1 aliphatic rings. The van der Waals surface area contributed by atoms with Crippen LogP contribution in [0.5, 0.6) is 0 Å². The first-order chi connectivity index (χ1) is 8.78. The van der Waals surface area contributed by atoms with Gasteiger partial charge in [-0.3, -0.25) is 0 Å². The van der Waals surface area contributed by atoms with Gasteiger partial charge in [-0.15, -0.1) is 24.0 Å². The van der Waals surface area contributed by atoms with Crippen molar-refractivity contribution in [2.75, 3.05) is 24.6 Å². The zero-order chi connectivity index (χ0) is 14.5. The highest BCUT2D eigenvalue weighted by Crippen LogP contribution is 2.17. The first kappa shape index (κ1) is 19.7. The highest BCUT2D eigenvalue weighted by atomic mass is 127. The molecule has 1 fully saturated rings. The van der Waals surface area contributed by atoms with Gasteiger partial charge >= 0.3 is 0 Å². The molecule has 0 amide bonds. The fourth-order valence-electron chi connectivity index (χ4n) is 1.91. The second-order valence-electron chi connectivity index (χ2n) is 5.57. The zero-order valence-corrected chi connectivity index (χ0v) is 15.6. The minimum absolute atomic E-state index is 0. The van der Waals surface area contributed by atoms with Gasteiger partial charge in [0.15, 0.2) is 15.8 Å². The van der Waals surface area contributed by atoms with Crippen molar-refractivity contribution in [2.24, 2.45) is 10.9 Å². The molecule has 118 valence electrons. The SMILES string of the molecule is C=C(C)CN=C(NCC1CCS(=O)(=O)C1)NC(C)C.I. The lowest BCUT2D eigenvalue weighted by molar-refractivity contribution is 0.563. The van der Waals surface area contributed by atoms with Crippen LogP contribution >= 0.6 is 24.0 Å². The van der Waals surface area contributed by atoms with E-state index < -0.39 is 9.84 Å². The van der Waals surface area contributed by atoms with Crippen LogP contribution in [-0.4, -0.2) is 45.0 Å². The van der Waals surface area contributed by atoms with Crippen molar-refractivity contribution >= 4 is 39.8 Å². The van der Waals surface area contributed by atoms with E-state index in [1.54, 1.807) is 0 Å². The van der Waals surface area contributed by atoms with Crippen molar-refractivity contribution < 1.29 is 8.42 Å². The predicted octanol–water partition coefficient (Wildman–Crippen LogP) is 1.56. The predicted molar refractivity (Wildman–Crippen MR) is 95.6 cm³/mol. The molecule has 1 heterocycles. The molecule has 20 heavy (non-hydrogen) atoms. The summed E-state index contributed by atoms with van der Waals surface area (Å²) in [5.74, 6) is 1.52. The van der Waals surface area contributed by atoms with Gasteiger partial charge in [0.05, 0.1) is 18.1 Å². The Hall–Kier alpha value is -0.310. The zero-order valence-electron chi connectivity index (χ0n) is 12.5. The minimum atomic E-state index is -2.81. The minimum Gasteiger partial charge on any atom is -0.356 e. The maximum Gasteiger partial charge on any atom is 0.191 e. The summed E-state index contributed by atoms with van der Waals surface area (Å²) in [6.45, 7) is 11.1. The molecule has 0 aromatic heterocycles. The van der Waals surface area contributed by atoms with Crippen LogP contribution in [0, 0.1) is 5.92 Å². The third kappa shape index (κ3) is 8.08. The monoisotopic (exact) mass is 415 g/mol. The van der Waals surface area contributed by atoms with E-state index in [1.165, 1.54) is 0 Å². The number of rotatable bonds is 5. The van der Waals surface area contributed by atoms with Crippen molar-refractivity contribution in [2.45, 2.75) is 33.2 Å². The van der Waals surface area contributed by atoms with Gasteiger partial charge in [0.1, 0.15) is 0 Å². The van der Waals surface area contributed by atoms with Crippen molar-refractivity contribution in [3.05, 3.63) is 12.2 Å². The van der Waals surface area contributed by atoms with Gasteiger partial charge in [-0.05, 0) is 33.1 Å². The topological polar surface area (TPSA) is 70.6 Å². The Balaban J connectivity index is 0.00000361. The number of aliphatic imine (C=N–C) groups is 1. The molecule has 2 N–H and O–H groups in total. The van der Waals surface area contributed by atoms with Crippen molar-refractivity contribution in [3.8, 4) is 0 Å². The molecular weight excluding hydrogens is 389 g/mol. The third-order valence-corrected chi connectivity index (χ3v) is 4.65. The second kappa shape index (κ2) is 8.86. The molecular formula is C13H26IN3O2S. The van der Waals surface area contributed by atoms with Crippen molar-refractivity contribution in [1.29, 1.82) is 0 Å². The first-order valence-electron chi connectivity index (χ1n) is 6.68. The summed E-state index contributed by atoms with van der Waals surface area (Å²) in [7, 11) is -2.81. The second-order valence-corrected chi connectivity index (χ2v) is 7.80. The van der Waals surface area contributed by atoms with Crippen LogP contribution in [0.15, 0.2) is 17.1 Å². The van der Waals surface area contributed by atoms with E-state index in [1.807, 2.05) is 20.8 Å². The highest BCUT2D eigenvalue weighted by Gasteiger charge is 2.27. The molecule has 1 unspecified atom stereocenters. The number of nitrogens with one attached hydrogen (secondary N) is 2. The molecule has 7 heteroatoms. The van der Waals surface area contributed by atoms with E-state index >= 15 is 0 Å². The van der Waals surface area contributed by atoms with Gasteiger partial charge in [0.2, 0.25) is 0 Å². The number of nitrogens with zero attached hydrogens (tertiary/aromatic N) is 1. The van der Waals surface area contributed by atoms with Crippen LogP contribution in [0.2, 0.25) is 0 Å². The fourth-order valence-corrected chi connectivity index (χ4v) is 3.78. The molecule has 0 aliphatic carbocycles. The standard InChI is InChI=1S/C13H25N3O2S.HI/c1-10(2)7-14-13(16-11(3)4)15-8-12-5-6-19(17,18)9-12;/h11-12H,1,5-9H2,2-4H3,(H2,14,15,16);1H. The Kier molecular flexibility index (Phi) is 8.72. The van der Waals surface area contributed by atoms with Crippen LogP contribution in [0.25, 0.3) is 0 Å². The maximum absolute atomic E-state index is 11.4. The Labute approximate surface area is 139 Å². The number of hydrogen-bond acceptors (Lipinski definition) is 3. The molecule has 0 saturated carbocycles. The van der Waals surface area contributed by atoms with Gasteiger partial charge in [-0.2, -0.15) is 0 Å². The molecule has 1 rings (SSSR count). The van der Waals surface area contributed by atoms with Gasteiger partial charge in [0.25, 0.3) is 0 Å². The molecule has 1 atom stereocenters. The summed E-state index contributed by atoms with van der Waals surface area (Å²) in [5, 5.41) is 6.45. The van der Waals surface area contributed by atoms with Crippen LogP contribution in [0.1, 0.15) is 27.2 Å². The molecule has 5 nitrogen and oxygen atoms in total. The summed E-state index contributed by atoms with van der Waals surface area (Å²) in [5.41, 5.74) is 0.994. The summed E-state index contributed by atoms with van der Waals surface area (Å²) in [6.07, 6.45) is 0.741. The molecule has 0 aromatic carbocycles. The van der Waals surface area contributed by atoms with E-state index in [4.69, 9.17) is 0 Å². The summed E-state index contributed by atoms with van der Waals surface area (Å²) >= 11 is 0. The smallest absolute Gasteiger partial charge is 0.191 e. The number of guanidine groups is 1. The quantitative estimate of drug-likeness (QED) is 0.310. The fraction of sp³-hybridized carbons (Fsp3) is 0.769. The lowest BCUT2D eigenvalue weighted by Gasteiger charge is -2.17. The molecule has 0 aromatic rings. The van der Waals surface area contributed by atoms with Crippen LogP contribution in [0.3, 0.4) is 0 Å². The summed E-state index contributed by atoms with van der Waals surface area (Å²) in [6, 6.07) is 0.281. The Bertz CT molecular complexity index is 447. The van der Waals surface area contributed by atoms with Crippen LogP contribution in [0.4, 0.5) is 0 Å². The van der Waals surface area contributed by atoms with Crippen LogP contribution in [-0.2, 0) is 9.84 Å². The third-order valence-electron chi connectivity index (χ3n) is 2.82. The van der Waals surface area contributed by atoms with Crippen molar-refractivity contribution in [1.82, 2.24) is 10.6 Å². The maximum atomic E-state index is 11.4. The number of sulfone groups is 1. The Morgan fingerprint density at radius 2 is 2.10 bits per heavy atom. The van der Waals surface area contributed by atoms with Crippen molar-refractivity contribution in [3.63, 3.8) is 0 Å². The average molecular weight is 415 g/mol. The molecule has 0 radical (unpaired) electrons. The number of hydrogen-bond donors (Lipinski definition) is 2. The van der Waals surface area contributed by atoms with Gasteiger partial charge < -0.3 is 10.6 Å². The lowest BCUT2D eigenvalue weighted by Crippen LogP contribution is -2.43. The molecule has 1 aliphatic heterocycles. The lowest BCUT2D eigenvalue weighted by atomic mass is 10.1. The molecule has 0 spiro atoms. The molecule has 0 bridgehead atoms. The van der Waals surface area contributed by atoms with E-state index in [2.05, 4.69) is 22.2 Å². The molecule has 1 saturated heterocycles. The van der Waals surface area contributed by atoms with Gasteiger partial charge in [0, 0.05) is 12.6 Å². The number of halogens is 1. The van der Waals surface area contributed by atoms with Gasteiger partial charge in [-0.25, -0.2) is 13.4 Å². The Morgan fingerprint density at radius 1 is 1.45 bits per heavy atom. The van der Waals surface area contributed by atoms with E-state index in [0.717, 1.165) is 18.0 Å². The van der Waals surface area contributed by atoms with Crippen LogP contribution < -0.4 is 10.6 Å². The van der Waals surface area contributed by atoms with E-state index in [9.17, 15) is 8.42 Å². The summed E-state index contributed by atoms with van der Waals surface area (Å²) in [4.78, 5) is 4.41. The highest BCUT2D eigenvalue weighted by molar-refractivity contribution is 14.0. The summed E-state index contributed by atoms with van der Waals surface area (Å²) < 4.78 is 22.8. The average Bonchev–Trinajstić information content (AvgIpc) is 2.61. The van der Waals surface area contributed by atoms with Gasteiger partial charge in [-0.1, -0.05) is 12.2 Å². The van der Waals surface area contributed by atoms with E-state index in [0.29, 0.717) is 18.8 Å². The normalized spacial score (nSPS) is 21.4. The van der Waals surface area contributed by atoms with E-state index in [-0.39, 0.29) is 41.7 Å². The Morgan fingerprint density at radius 3 is 2.55 bits per heavy atom.